The van der Waals surface area contributed by atoms with Gasteiger partial charge in [-0.15, -0.1) is 0 Å². The summed E-state index contributed by atoms with van der Waals surface area (Å²) in [6, 6.07) is 0. The molecule has 0 aromatic carbocycles. The van der Waals surface area contributed by atoms with Gasteiger partial charge in [0, 0.05) is 6.54 Å². The Bertz CT molecular complexity index is 195. The van der Waals surface area contributed by atoms with Gasteiger partial charge in [0.25, 0.3) is 0 Å². The van der Waals surface area contributed by atoms with Gasteiger partial charge in [-0.1, -0.05) is 13.3 Å². The fourth-order valence-electron chi connectivity index (χ4n) is 1.30. The van der Waals surface area contributed by atoms with Gasteiger partial charge in [-0.3, -0.25) is 0 Å². The van der Waals surface area contributed by atoms with Crippen molar-refractivity contribution in [3.8, 4) is 0 Å². The largest absolute Gasteiger partial charge is 0.423 e. The van der Waals surface area contributed by atoms with Crippen LogP contribution in [0.3, 0.4) is 0 Å². The SMILES string of the molecule is CCCC(CNC)OC(C(F)(F)F)C(F)(F)F. The normalized spacial score (nSPS) is 15.4. The van der Waals surface area contributed by atoms with E-state index in [4.69, 9.17) is 0 Å². The van der Waals surface area contributed by atoms with Crippen molar-refractivity contribution in [1.29, 1.82) is 0 Å². The molecule has 1 atom stereocenters. The fourth-order valence-corrected chi connectivity index (χ4v) is 1.30. The van der Waals surface area contributed by atoms with Crippen molar-refractivity contribution in [1.82, 2.24) is 5.32 Å². The van der Waals surface area contributed by atoms with E-state index < -0.39 is 24.6 Å². The Labute approximate surface area is 95.3 Å². The molecule has 0 saturated carbocycles. The summed E-state index contributed by atoms with van der Waals surface area (Å²) < 4.78 is 77.3. The lowest BCUT2D eigenvalue weighted by molar-refractivity contribution is -0.330. The Morgan fingerprint density at radius 1 is 1.06 bits per heavy atom. The van der Waals surface area contributed by atoms with Crippen molar-refractivity contribution < 1.29 is 31.1 Å². The summed E-state index contributed by atoms with van der Waals surface area (Å²) in [6.07, 6.45) is -15.2. The van der Waals surface area contributed by atoms with E-state index >= 15 is 0 Å². The molecule has 0 aromatic rings. The second kappa shape index (κ2) is 6.44. The molecule has 0 radical (unpaired) electrons. The minimum absolute atomic E-state index is 0.0590. The molecule has 0 aliphatic heterocycles. The van der Waals surface area contributed by atoms with Gasteiger partial charge in [-0.2, -0.15) is 26.3 Å². The Morgan fingerprint density at radius 3 is 1.82 bits per heavy atom. The molecule has 8 heteroatoms. The zero-order valence-electron chi connectivity index (χ0n) is 9.45. The summed E-state index contributed by atoms with van der Waals surface area (Å²) in [5, 5.41) is 2.50. The van der Waals surface area contributed by atoms with Crippen molar-refractivity contribution in [2.75, 3.05) is 13.6 Å². The Kier molecular flexibility index (Phi) is 6.25. The standard InChI is InChI=1S/C9H15F6NO/c1-3-4-6(5-16-2)17-7(8(10,11)12)9(13,14)15/h6-7,16H,3-5H2,1-2H3. The first-order valence-electron chi connectivity index (χ1n) is 5.06. The topological polar surface area (TPSA) is 21.3 Å². The minimum Gasteiger partial charge on any atom is -0.356 e. The van der Waals surface area contributed by atoms with E-state index in [1.807, 2.05) is 0 Å². The molecule has 1 N–H and O–H groups in total. The highest BCUT2D eigenvalue weighted by atomic mass is 19.4. The number of ether oxygens (including phenoxy) is 1. The zero-order valence-corrected chi connectivity index (χ0v) is 9.45. The highest BCUT2D eigenvalue weighted by Gasteiger charge is 2.58. The van der Waals surface area contributed by atoms with Crippen molar-refractivity contribution in [2.24, 2.45) is 0 Å². The van der Waals surface area contributed by atoms with Crippen molar-refractivity contribution in [3.05, 3.63) is 0 Å². The number of likely N-dealkylation sites (N-methyl/N-ethyl adjacent to an activating group) is 1. The molecule has 0 aliphatic rings. The smallest absolute Gasteiger partial charge is 0.356 e. The summed E-state index contributed by atoms with van der Waals surface area (Å²) in [5.74, 6) is 0. The third kappa shape index (κ3) is 6.11. The molecule has 0 rings (SSSR count). The number of nitrogens with one attached hydrogen (secondary N) is 1. The number of alkyl halides is 6. The van der Waals surface area contributed by atoms with Crippen LogP contribution in [0.2, 0.25) is 0 Å². The quantitative estimate of drug-likeness (QED) is 0.747. The molecule has 0 aromatic heterocycles. The van der Waals surface area contributed by atoms with E-state index in [1.54, 1.807) is 6.92 Å². The maximum atomic E-state index is 12.2. The van der Waals surface area contributed by atoms with Gasteiger partial charge >= 0.3 is 12.4 Å². The lowest BCUT2D eigenvalue weighted by Crippen LogP contribution is -2.47. The Hall–Kier alpha value is -0.500. The molecule has 0 saturated heterocycles. The van der Waals surface area contributed by atoms with Crippen LogP contribution in [0.5, 0.6) is 0 Å². The van der Waals surface area contributed by atoms with Crippen LogP contribution in [0.15, 0.2) is 0 Å². The van der Waals surface area contributed by atoms with Crippen LogP contribution >= 0.6 is 0 Å². The predicted molar refractivity (Wildman–Crippen MR) is 49.6 cm³/mol. The number of halogens is 6. The van der Waals surface area contributed by atoms with Gasteiger partial charge in [-0.05, 0) is 13.5 Å². The molecule has 104 valence electrons. The highest BCUT2D eigenvalue weighted by molar-refractivity contribution is 4.78. The first kappa shape index (κ1) is 16.5. The van der Waals surface area contributed by atoms with Gasteiger partial charge in [-0.25, -0.2) is 0 Å². The highest BCUT2D eigenvalue weighted by Crippen LogP contribution is 2.36. The summed E-state index contributed by atoms with van der Waals surface area (Å²) in [5.41, 5.74) is 0. The molecule has 0 aliphatic carbocycles. The second-order valence-corrected chi connectivity index (χ2v) is 3.57. The Morgan fingerprint density at radius 2 is 1.53 bits per heavy atom. The van der Waals surface area contributed by atoms with Crippen molar-refractivity contribution >= 4 is 0 Å². The summed E-state index contributed by atoms with van der Waals surface area (Å²) in [4.78, 5) is 0. The van der Waals surface area contributed by atoms with Gasteiger partial charge in [0.1, 0.15) is 0 Å². The summed E-state index contributed by atoms with van der Waals surface area (Å²) in [7, 11) is 1.43. The number of hydrogen-bond donors (Lipinski definition) is 1. The third-order valence-electron chi connectivity index (χ3n) is 1.97. The van der Waals surface area contributed by atoms with Gasteiger partial charge in [0.2, 0.25) is 6.10 Å². The molecule has 0 fully saturated rings. The van der Waals surface area contributed by atoms with Gasteiger partial charge in [0.05, 0.1) is 6.10 Å². The van der Waals surface area contributed by atoms with Crippen molar-refractivity contribution in [2.45, 2.75) is 44.3 Å². The third-order valence-corrected chi connectivity index (χ3v) is 1.97. The minimum atomic E-state index is -5.45. The zero-order chi connectivity index (χ0) is 13.7. The molecule has 0 heterocycles. The maximum Gasteiger partial charge on any atom is 0.423 e. The van der Waals surface area contributed by atoms with Crippen LogP contribution in [0.1, 0.15) is 19.8 Å². The monoisotopic (exact) mass is 267 g/mol. The number of hydrogen-bond acceptors (Lipinski definition) is 2. The molecule has 2 nitrogen and oxygen atoms in total. The van der Waals surface area contributed by atoms with E-state index in [0.717, 1.165) is 0 Å². The van der Waals surface area contributed by atoms with E-state index in [0.29, 0.717) is 6.42 Å². The van der Waals surface area contributed by atoms with Crippen LogP contribution in [-0.4, -0.2) is 38.2 Å². The van der Waals surface area contributed by atoms with Crippen LogP contribution in [0, 0.1) is 0 Å². The van der Waals surface area contributed by atoms with Crippen LogP contribution in [0.4, 0.5) is 26.3 Å². The predicted octanol–water partition coefficient (Wildman–Crippen LogP) is 2.88. The molecule has 17 heavy (non-hydrogen) atoms. The van der Waals surface area contributed by atoms with Crippen LogP contribution in [-0.2, 0) is 4.74 Å². The average molecular weight is 267 g/mol. The van der Waals surface area contributed by atoms with E-state index in [1.165, 1.54) is 7.05 Å². The molecular weight excluding hydrogens is 252 g/mol. The average Bonchev–Trinajstić information content (AvgIpc) is 2.10. The second-order valence-electron chi connectivity index (χ2n) is 3.57. The maximum absolute atomic E-state index is 12.2. The van der Waals surface area contributed by atoms with Gasteiger partial charge in [0.15, 0.2) is 0 Å². The summed E-state index contributed by atoms with van der Waals surface area (Å²) >= 11 is 0. The first-order valence-corrected chi connectivity index (χ1v) is 5.06. The van der Waals surface area contributed by atoms with Gasteiger partial charge < -0.3 is 10.1 Å². The fraction of sp³-hybridized carbons (Fsp3) is 1.00. The molecular formula is C9H15F6NO. The van der Waals surface area contributed by atoms with Crippen LogP contribution < -0.4 is 5.32 Å². The van der Waals surface area contributed by atoms with Crippen LogP contribution in [0.25, 0.3) is 0 Å². The lowest BCUT2D eigenvalue weighted by Gasteiger charge is -2.27. The molecule has 0 spiro atoms. The number of rotatable bonds is 6. The van der Waals surface area contributed by atoms with E-state index in [2.05, 4.69) is 10.1 Å². The summed E-state index contributed by atoms with van der Waals surface area (Å²) in [6.45, 7) is 1.60. The molecule has 1 unspecified atom stereocenters. The lowest BCUT2D eigenvalue weighted by atomic mass is 10.2. The van der Waals surface area contributed by atoms with Crippen molar-refractivity contribution in [3.63, 3.8) is 0 Å². The van der Waals surface area contributed by atoms with E-state index in [-0.39, 0.29) is 13.0 Å². The first-order chi connectivity index (χ1) is 7.62. The Balaban J connectivity index is 4.72. The molecule has 0 amide bonds. The molecule has 0 bridgehead atoms. The van der Waals surface area contributed by atoms with E-state index in [9.17, 15) is 26.3 Å².